The highest BCUT2D eigenvalue weighted by Gasteiger charge is 2.14. The molecule has 0 saturated heterocycles. The van der Waals surface area contributed by atoms with Crippen molar-refractivity contribution in [3.05, 3.63) is 58.6 Å². The second-order valence-electron chi connectivity index (χ2n) is 5.87. The molecule has 4 rings (SSSR count). The number of aromatic nitrogens is 3. The summed E-state index contributed by atoms with van der Waals surface area (Å²) in [7, 11) is 3.20. The van der Waals surface area contributed by atoms with Crippen molar-refractivity contribution in [1.82, 2.24) is 15.1 Å². The molecule has 0 amide bonds. The second-order valence-corrected chi connectivity index (χ2v) is 7.13. The highest BCUT2D eigenvalue weighted by molar-refractivity contribution is 7.13. The van der Waals surface area contributed by atoms with Gasteiger partial charge >= 0.3 is 6.08 Å². The average molecular weight is 430 g/mol. The zero-order valence-corrected chi connectivity index (χ0v) is 17.2. The summed E-state index contributed by atoms with van der Waals surface area (Å²) in [6.07, 6.45) is 0.0561. The SMILES string of the molecule is COc1ccc(-c2nc(COc3nc(-c4ccccc4Cl)no3)cs2)cc1OC. The molecule has 0 fully saturated rings. The van der Waals surface area contributed by atoms with Gasteiger partial charge in [-0.1, -0.05) is 28.9 Å². The second kappa shape index (κ2) is 8.50. The Morgan fingerprint density at radius 1 is 1.03 bits per heavy atom. The van der Waals surface area contributed by atoms with Crippen LogP contribution in [0.25, 0.3) is 22.0 Å². The summed E-state index contributed by atoms with van der Waals surface area (Å²) in [5.74, 6) is 1.69. The molecule has 7 nitrogen and oxygen atoms in total. The molecule has 0 bridgehead atoms. The predicted octanol–water partition coefficient (Wildman–Crippen LogP) is 5.11. The number of hydrogen-bond donors (Lipinski definition) is 0. The molecule has 0 unspecified atom stereocenters. The topological polar surface area (TPSA) is 79.5 Å². The first-order valence-corrected chi connectivity index (χ1v) is 9.82. The lowest BCUT2D eigenvalue weighted by Gasteiger charge is -2.08. The zero-order valence-electron chi connectivity index (χ0n) is 15.6. The smallest absolute Gasteiger partial charge is 0.418 e. The van der Waals surface area contributed by atoms with Crippen molar-refractivity contribution in [3.8, 4) is 39.5 Å². The van der Waals surface area contributed by atoms with Crippen LogP contribution < -0.4 is 14.2 Å². The summed E-state index contributed by atoms with van der Waals surface area (Å²) >= 11 is 7.66. The molecule has 0 aliphatic heterocycles. The molecule has 4 aromatic rings. The number of benzene rings is 2. The molecule has 0 aliphatic rings. The molecule has 0 spiro atoms. The van der Waals surface area contributed by atoms with Gasteiger partial charge in [0.2, 0.25) is 5.82 Å². The van der Waals surface area contributed by atoms with E-state index in [1.165, 1.54) is 11.3 Å². The fourth-order valence-electron chi connectivity index (χ4n) is 2.63. The first-order chi connectivity index (χ1) is 14.2. The number of halogens is 1. The van der Waals surface area contributed by atoms with Crippen LogP contribution in [0.4, 0.5) is 0 Å². The predicted molar refractivity (Wildman–Crippen MR) is 110 cm³/mol. The minimum absolute atomic E-state index is 0.0561. The van der Waals surface area contributed by atoms with Crippen LogP contribution in [0.3, 0.4) is 0 Å². The van der Waals surface area contributed by atoms with Gasteiger partial charge in [0.15, 0.2) is 11.5 Å². The Balaban J connectivity index is 1.45. The van der Waals surface area contributed by atoms with Crippen LogP contribution in [0.5, 0.6) is 17.6 Å². The third-order valence-electron chi connectivity index (χ3n) is 4.05. The lowest BCUT2D eigenvalue weighted by Crippen LogP contribution is -1.96. The van der Waals surface area contributed by atoms with Crippen molar-refractivity contribution < 1.29 is 18.7 Å². The van der Waals surface area contributed by atoms with Crippen molar-refractivity contribution in [2.45, 2.75) is 6.61 Å². The lowest BCUT2D eigenvalue weighted by molar-refractivity contribution is 0.193. The Morgan fingerprint density at radius 3 is 2.66 bits per heavy atom. The van der Waals surface area contributed by atoms with Crippen molar-refractivity contribution in [1.29, 1.82) is 0 Å². The van der Waals surface area contributed by atoms with E-state index >= 15 is 0 Å². The minimum atomic E-state index is 0.0561. The van der Waals surface area contributed by atoms with E-state index in [-0.39, 0.29) is 12.7 Å². The molecule has 0 atom stereocenters. The summed E-state index contributed by atoms with van der Waals surface area (Å²) < 4.78 is 21.3. The van der Waals surface area contributed by atoms with Crippen molar-refractivity contribution in [2.24, 2.45) is 0 Å². The van der Waals surface area contributed by atoms with Gasteiger partial charge in [0.05, 0.1) is 24.9 Å². The Hall–Kier alpha value is -3.10. The number of methoxy groups -OCH3 is 2. The van der Waals surface area contributed by atoms with Gasteiger partial charge in [0, 0.05) is 16.5 Å². The first kappa shape index (κ1) is 19.2. The van der Waals surface area contributed by atoms with E-state index in [9.17, 15) is 0 Å². The summed E-state index contributed by atoms with van der Waals surface area (Å²) in [6, 6.07) is 12.9. The zero-order chi connectivity index (χ0) is 20.2. The standard InChI is InChI=1S/C20H16ClN3O4S/c1-25-16-8-7-12(9-17(16)26-2)19-22-13(11-29-19)10-27-20-23-18(24-28-20)14-5-3-4-6-15(14)21/h3-9,11H,10H2,1-2H3. The van der Waals surface area contributed by atoms with Crippen LogP contribution in [0.15, 0.2) is 52.4 Å². The summed E-state index contributed by atoms with van der Waals surface area (Å²) in [6.45, 7) is 0.202. The van der Waals surface area contributed by atoms with E-state index in [1.807, 2.05) is 41.8 Å². The van der Waals surface area contributed by atoms with Crippen LogP contribution in [0.2, 0.25) is 5.02 Å². The van der Waals surface area contributed by atoms with E-state index in [0.29, 0.717) is 27.9 Å². The van der Waals surface area contributed by atoms with Crippen molar-refractivity contribution in [2.75, 3.05) is 14.2 Å². The molecule has 0 radical (unpaired) electrons. The van der Waals surface area contributed by atoms with E-state index in [1.54, 1.807) is 20.3 Å². The van der Waals surface area contributed by atoms with Gasteiger partial charge in [-0.2, -0.15) is 4.98 Å². The maximum absolute atomic E-state index is 6.15. The Labute approximate surface area is 175 Å². The highest BCUT2D eigenvalue weighted by atomic mass is 35.5. The molecular formula is C20H16ClN3O4S. The molecule has 9 heteroatoms. The third kappa shape index (κ3) is 4.18. The lowest BCUT2D eigenvalue weighted by atomic mass is 10.2. The van der Waals surface area contributed by atoms with Gasteiger partial charge in [-0.25, -0.2) is 4.98 Å². The normalized spacial score (nSPS) is 10.7. The number of ether oxygens (including phenoxy) is 3. The van der Waals surface area contributed by atoms with Gasteiger partial charge in [0.25, 0.3) is 0 Å². The van der Waals surface area contributed by atoms with Crippen molar-refractivity contribution >= 4 is 22.9 Å². The summed E-state index contributed by atoms with van der Waals surface area (Å²) in [5.41, 5.74) is 2.35. The number of hydrogen-bond acceptors (Lipinski definition) is 8. The summed E-state index contributed by atoms with van der Waals surface area (Å²) in [5, 5.41) is 7.20. The molecule has 2 heterocycles. The molecule has 0 N–H and O–H groups in total. The quantitative estimate of drug-likeness (QED) is 0.403. The van der Waals surface area contributed by atoms with Gasteiger partial charge in [-0.15, -0.1) is 11.3 Å². The van der Waals surface area contributed by atoms with E-state index in [4.69, 9.17) is 30.3 Å². The van der Waals surface area contributed by atoms with Crippen molar-refractivity contribution in [3.63, 3.8) is 0 Å². The maximum atomic E-state index is 6.15. The van der Waals surface area contributed by atoms with Crippen LogP contribution in [0.1, 0.15) is 5.69 Å². The minimum Gasteiger partial charge on any atom is -0.493 e. The van der Waals surface area contributed by atoms with Crippen LogP contribution in [-0.2, 0) is 6.61 Å². The Kier molecular flexibility index (Phi) is 5.64. The van der Waals surface area contributed by atoms with Gasteiger partial charge in [-0.3, -0.25) is 4.52 Å². The van der Waals surface area contributed by atoms with Gasteiger partial charge < -0.3 is 14.2 Å². The molecule has 0 saturated carbocycles. The molecule has 29 heavy (non-hydrogen) atoms. The Bertz CT molecular complexity index is 1130. The fourth-order valence-corrected chi connectivity index (χ4v) is 3.65. The van der Waals surface area contributed by atoms with Gasteiger partial charge in [0.1, 0.15) is 11.6 Å². The molecule has 148 valence electrons. The van der Waals surface area contributed by atoms with E-state index in [2.05, 4.69) is 15.1 Å². The number of rotatable bonds is 7. The molecule has 2 aromatic heterocycles. The monoisotopic (exact) mass is 429 g/mol. The number of nitrogens with zero attached hydrogens (tertiary/aromatic N) is 3. The van der Waals surface area contributed by atoms with E-state index in [0.717, 1.165) is 16.3 Å². The highest BCUT2D eigenvalue weighted by Crippen LogP contribution is 2.33. The third-order valence-corrected chi connectivity index (χ3v) is 5.32. The molecular weight excluding hydrogens is 414 g/mol. The largest absolute Gasteiger partial charge is 0.493 e. The van der Waals surface area contributed by atoms with Gasteiger partial charge in [-0.05, 0) is 30.3 Å². The molecule has 0 aliphatic carbocycles. The fraction of sp³-hybridized carbons (Fsp3) is 0.150. The van der Waals surface area contributed by atoms with Crippen LogP contribution >= 0.6 is 22.9 Å². The first-order valence-electron chi connectivity index (χ1n) is 8.56. The molecule has 2 aromatic carbocycles. The van der Waals surface area contributed by atoms with E-state index < -0.39 is 0 Å². The average Bonchev–Trinajstić information content (AvgIpc) is 3.42. The maximum Gasteiger partial charge on any atom is 0.418 e. The van der Waals surface area contributed by atoms with Crippen LogP contribution in [-0.4, -0.2) is 29.3 Å². The Morgan fingerprint density at radius 2 is 1.86 bits per heavy atom. The van der Waals surface area contributed by atoms with Crippen LogP contribution in [0, 0.1) is 0 Å². The number of thiazole rings is 1. The summed E-state index contributed by atoms with van der Waals surface area (Å²) in [4.78, 5) is 8.82.